The van der Waals surface area contributed by atoms with E-state index in [0.717, 1.165) is 44.1 Å². The fourth-order valence-electron chi connectivity index (χ4n) is 3.72. The highest BCUT2D eigenvalue weighted by atomic mass is 79.9. The van der Waals surface area contributed by atoms with Crippen LogP contribution in [0.3, 0.4) is 0 Å². The van der Waals surface area contributed by atoms with Crippen LogP contribution in [-0.4, -0.2) is 5.78 Å². The van der Waals surface area contributed by atoms with Gasteiger partial charge in [-0.3, -0.25) is 4.79 Å². The highest BCUT2D eigenvalue weighted by Crippen LogP contribution is 2.38. The van der Waals surface area contributed by atoms with Gasteiger partial charge >= 0.3 is 0 Å². The standard InChI is InChI=1S/C26H20Br2O/c27-24-10-6-18(7-11-24)14-22-16-21(20-4-2-1-3-5-20)17-23(26(22)29)15-19-8-12-25(28)13-9-19/h1-15,21H,16-17H2/b22-14+,23-15+. The van der Waals surface area contributed by atoms with Crippen molar-refractivity contribution in [2.24, 2.45) is 0 Å². The summed E-state index contributed by atoms with van der Waals surface area (Å²) in [6.45, 7) is 0. The maximum atomic E-state index is 13.3. The second kappa shape index (κ2) is 9.06. The summed E-state index contributed by atoms with van der Waals surface area (Å²) >= 11 is 6.95. The minimum absolute atomic E-state index is 0.156. The molecule has 3 aromatic carbocycles. The van der Waals surface area contributed by atoms with Crippen LogP contribution in [0.25, 0.3) is 12.2 Å². The number of allylic oxidation sites excluding steroid dienone is 2. The first kappa shape index (κ1) is 20.1. The number of carbonyl (C=O) groups excluding carboxylic acids is 1. The van der Waals surface area contributed by atoms with E-state index in [2.05, 4.69) is 56.1 Å². The van der Waals surface area contributed by atoms with E-state index in [4.69, 9.17) is 0 Å². The highest BCUT2D eigenvalue weighted by molar-refractivity contribution is 9.10. The quantitative estimate of drug-likeness (QED) is 0.330. The summed E-state index contributed by atoms with van der Waals surface area (Å²) in [6.07, 6.45) is 5.60. The van der Waals surface area contributed by atoms with E-state index in [0.29, 0.717) is 5.92 Å². The van der Waals surface area contributed by atoms with E-state index in [1.807, 2.05) is 66.7 Å². The Morgan fingerprint density at radius 3 is 1.55 bits per heavy atom. The number of halogens is 2. The van der Waals surface area contributed by atoms with Crippen LogP contribution < -0.4 is 0 Å². The maximum Gasteiger partial charge on any atom is 0.185 e. The summed E-state index contributed by atoms with van der Waals surface area (Å²) in [5.74, 6) is 0.459. The average Bonchev–Trinajstić information content (AvgIpc) is 2.74. The molecular formula is C26H20Br2O. The second-order valence-corrected chi connectivity index (χ2v) is 9.12. The van der Waals surface area contributed by atoms with Gasteiger partial charge in [0.15, 0.2) is 5.78 Å². The lowest BCUT2D eigenvalue weighted by Gasteiger charge is -2.26. The fourth-order valence-corrected chi connectivity index (χ4v) is 4.25. The molecule has 0 N–H and O–H groups in total. The summed E-state index contributed by atoms with van der Waals surface area (Å²) in [6, 6.07) is 26.7. The molecule has 1 nitrogen and oxygen atoms in total. The van der Waals surface area contributed by atoms with Gasteiger partial charge < -0.3 is 0 Å². The Labute approximate surface area is 188 Å². The number of carbonyl (C=O) groups is 1. The highest BCUT2D eigenvalue weighted by Gasteiger charge is 2.28. The Balaban J connectivity index is 1.73. The zero-order valence-corrected chi connectivity index (χ0v) is 19.0. The summed E-state index contributed by atoms with van der Waals surface area (Å²) in [4.78, 5) is 13.3. The first-order valence-electron chi connectivity index (χ1n) is 9.60. The van der Waals surface area contributed by atoms with Crippen LogP contribution in [0.2, 0.25) is 0 Å². The van der Waals surface area contributed by atoms with Crippen LogP contribution >= 0.6 is 31.9 Å². The van der Waals surface area contributed by atoms with Crippen molar-refractivity contribution in [3.05, 3.63) is 116 Å². The fraction of sp³-hybridized carbons (Fsp3) is 0.115. The third-order valence-corrected chi connectivity index (χ3v) is 6.27. The third kappa shape index (κ3) is 5.04. The Bertz CT molecular complexity index is 994. The van der Waals surface area contributed by atoms with Crippen molar-refractivity contribution < 1.29 is 4.79 Å². The SMILES string of the molecule is O=C1/C(=C/c2ccc(Br)cc2)CC(c2ccccc2)C/C1=C\c1ccc(Br)cc1. The zero-order valence-electron chi connectivity index (χ0n) is 15.8. The van der Waals surface area contributed by atoms with Crippen molar-refractivity contribution in [3.8, 4) is 0 Å². The first-order chi connectivity index (χ1) is 14.1. The smallest absolute Gasteiger partial charge is 0.185 e. The monoisotopic (exact) mass is 506 g/mol. The molecule has 0 atom stereocenters. The summed E-state index contributed by atoms with van der Waals surface area (Å²) < 4.78 is 2.07. The minimum Gasteiger partial charge on any atom is -0.289 e. The van der Waals surface area contributed by atoms with E-state index >= 15 is 0 Å². The normalized spacial score (nSPS) is 19.7. The molecule has 29 heavy (non-hydrogen) atoms. The molecule has 0 amide bonds. The molecule has 4 rings (SSSR count). The van der Waals surface area contributed by atoms with Crippen LogP contribution in [0.1, 0.15) is 35.4 Å². The topological polar surface area (TPSA) is 17.1 Å². The number of hydrogen-bond donors (Lipinski definition) is 0. The minimum atomic E-state index is 0.156. The molecule has 0 heterocycles. The molecule has 1 saturated carbocycles. The molecule has 0 aliphatic heterocycles. The molecule has 0 radical (unpaired) electrons. The Morgan fingerprint density at radius 2 is 1.10 bits per heavy atom. The van der Waals surface area contributed by atoms with Gasteiger partial charge in [-0.15, -0.1) is 0 Å². The van der Waals surface area contributed by atoms with Gasteiger partial charge in [0, 0.05) is 20.1 Å². The van der Waals surface area contributed by atoms with Gasteiger partial charge in [0.2, 0.25) is 0 Å². The molecule has 0 bridgehead atoms. The average molecular weight is 508 g/mol. The van der Waals surface area contributed by atoms with Gasteiger partial charge in [-0.25, -0.2) is 0 Å². The number of ketones is 1. The summed E-state index contributed by atoms with van der Waals surface area (Å²) in [5.41, 5.74) is 5.12. The molecule has 1 aliphatic rings. The van der Waals surface area contributed by atoms with E-state index in [9.17, 15) is 4.79 Å². The van der Waals surface area contributed by atoms with Crippen LogP contribution in [0, 0.1) is 0 Å². The first-order valence-corrected chi connectivity index (χ1v) is 11.2. The zero-order chi connectivity index (χ0) is 20.2. The van der Waals surface area contributed by atoms with Crippen LogP contribution in [0.15, 0.2) is 99.0 Å². The van der Waals surface area contributed by atoms with Crippen LogP contribution in [0.5, 0.6) is 0 Å². The van der Waals surface area contributed by atoms with Crippen LogP contribution in [-0.2, 0) is 4.79 Å². The second-order valence-electron chi connectivity index (χ2n) is 7.29. The lowest BCUT2D eigenvalue weighted by molar-refractivity contribution is -0.113. The summed E-state index contributed by atoms with van der Waals surface area (Å²) in [7, 11) is 0. The van der Waals surface area contributed by atoms with Crippen LogP contribution in [0.4, 0.5) is 0 Å². The Kier molecular flexibility index (Phi) is 6.27. The van der Waals surface area contributed by atoms with Gasteiger partial charge in [0.25, 0.3) is 0 Å². The van der Waals surface area contributed by atoms with Gasteiger partial charge in [-0.2, -0.15) is 0 Å². The van der Waals surface area contributed by atoms with Crippen molar-refractivity contribution in [2.75, 3.05) is 0 Å². The molecule has 3 aromatic rings. The molecule has 0 saturated heterocycles. The van der Waals surface area contributed by atoms with Crippen molar-refractivity contribution >= 4 is 49.8 Å². The van der Waals surface area contributed by atoms with Gasteiger partial charge in [0.1, 0.15) is 0 Å². The van der Waals surface area contributed by atoms with Crippen molar-refractivity contribution in [1.82, 2.24) is 0 Å². The largest absolute Gasteiger partial charge is 0.289 e. The van der Waals surface area contributed by atoms with E-state index in [1.54, 1.807) is 0 Å². The van der Waals surface area contributed by atoms with Crippen molar-refractivity contribution in [1.29, 1.82) is 0 Å². The maximum absolute atomic E-state index is 13.3. The number of benzene rings is 3. The van der Waals surface area contributed by atoms with E-state index in [-0.39, 0.29) is 5.78 Å². The molecule has 0 aromatic heterocycles. The molecule has 0 spiro atoms. The molecule has 3 heteroatoms. The lowest BCUT2D eigenvalue weighted by Crippen LogP contribution is -2.19. The molecule has 1 fully saturated rings. The van der Waals surface area contributed by atoms with Gasteiger partial charge in [-0.05, 0) is 71.9 Å². The number of rotatable bonds is 3. The van der Waals surface area contributed by atoms with Crippen molar-refractivity contribution in [2.45, 2.75) is 18.8 Å². The summed E-state index contributed by atoms with van der Waals surface area (Å²) in [5, 5.41) is 0. The Hall–Kier alpha value is -2.23. The lowest BCUT2D eigenvalue weighted by atomic mass is 9.77. The molecule has 144 valence electrons. The Morgan fingerprint density at radius 1 is 0.655 bits per heavy atom. The van der Waals surface area contributed by atoms with E-state index < -0.39 is 0 Å². The number of hydrogen-bond acceptors (Lipinski definition) is 1. The third-order valence-electron chi connectivity index (χ3n) is 5.21. The number of Topliss-reactive ketones (excluding diaryl/α,β-unsaturated/α-hetero) is 1. The molecular weight excluding hydrogens is 488 g/mol. The van der Waals surface area contributed by atoms with E-state index in [1.165, 1.54) is 5.56 Å². The predicted molar refractivity (Wildman–Crippen MR) is 128 cm³/mol. The molecule has 0 unspecified atom stereocenters. The van der Waals surface area contributed by atoms with Gasteiger partial charge in [-0.1, -0.05) is 86.5 Å². The van der Waals surface area contributed by atoms with Gasteiger partial charge in [0.05, 0.1) is 0 Å². The molecule has 1 aliphatic carbocycles. The van der Waals surface area contributed by atoms with Crippen molar-refractivity contribution in [3.63, 3.8) is 0 Å². The predicted octanol–water partition coefficient (Wildman–Crippen LogP) is 7.83.